The number of thiophene rings is 1. The molecule has 108 valence electrons. The van der Waals surface area contributed by atoms with Crippen LogP contribution in [0.25, 0.3) is 0 Å². The Kier molecular flexibility index (Phi) is 3.12. The number of nitrogens with one attached hydrogen (secondary N) is 1. The zero-order valence-corrected chi connectivity index (χ0v) is 12.9. The Balaban J connectivity index is 1.88. The first-order valence-corrected chi connectivity index (χ1v) is 7.92. The number of piperazine rings is 1. The van der Waals surface area contributed by atoms with Gasteiger partial charge in [-0.1, -0.05) is 0 Å². The Labute approximate surface area is 123 Å². The highest BCUT2D eigenvalue weighted by Crippen LogP contribution is 2.43. The van der Waals surface area contributed by atoms with Crippen molar-refractivity contribution >= 4 is 23.2 Å². The van der Waals surface area contributed by atoms with E-state index in [0.29, 0.717) is 5.92 Å². The number of carbonyl (C=O) groups excluding carboxylic acids is 2. The van der Waals surface area contributed by atoms with Gasteiger partial charge < -0.3 is 10.2 Å². The molecular weight excluding hydrogens is 272 g/mol. The zero-order chi connectivity index (χ0) is 14.5. The van der Waals surface area contributed by atoms with Gasteiger partial charge in [-0.2, -0.15) is 0 Å². The van der Waals surface area contributed by atoms with Crippen LogP contribution < -0.4 is 5.32 Å². The molecule has 0 spiro atoms. The van der Waals surface area contributed by atoms with Gasteiger partial charge in [-0.3, -0.25) is 9.59 Å². The van der Waals surface area contributed by atoms with Crippen LogP contribution in [0.1, 0.15) is 42.5 Å². The lowest BCUT2D eigenvalue weighted by Crippen LogP contribution is -2.66. The van der Waals surface area contributed by atoms with Gasteiger partial charge in [-0.05, 0) is 51.7 Å². The number of amides is 2. The van der Waals surface area contributed by atoms with E-state index in [1.54, 1.807) is 16.2 Å². The first-order valence-electron chi connectivity index (χ1n) is 7.10. The SMILES string of the molecule is Cc1ccc(C(C)N2CC(=O)NC(C)(C3CC3)C2=O)s1. The van der Waals surface area contributed by atoms with E-state index in [0.717, 1.165) is 17.7 Å². The number of hydrogen-bond acceptors (Lipinski definition) is 3. The lowest BCUT2D eigenvalue weighted by atomic mass is 9.90. The van der Waals surface area contributed by atoms with Crippen molar-refractivity contribution < 1.29 is 9.59 Å². The Morgan fingerprint density at radius 3 is 2.65 bits per heavy atom. The minimum atomic E-state index is -0.699. The molecule has 2 amide bonds. The fraction of sp³-hybridized carbons (Fsp3) is 0.600. The van der Waals surface area contributed by atoms with Crippen molar-refractivity contribution in [1.29, 1.82) is 0 Å². The number of rotatable bonds is 3. The predicted molar refractivity (Wildman–Crippen MR) is 78.5 cm³/mol. The van der Waals surface area contributed by atoms with Gasteiger partial charge in [0, 0.05) is 9.75 Å². The second-order valence-corrected chi connectivity index (χ2v) is 7.40. The normalized spacial score (nSPS) is 28.4. The van der Waals surface area contributed by atoms with Crippen LogP contribution in [0.4, 0.5) is 0 Å². The van der Waals surface area contributed by atoms with Crippen molar-refractivity contribution in [2.24, 2.45) is 5.92 Å². The van der Waals surface area contributed by atoms with Crippen molar-refractivity contribution in [2.75, 3.05) is 6.54 Å². The molecule has 2 heterocycles. The van der Waals surface area contributed by atoms with Crippen molar-refractivity contribution in [3.05, 3.63) is 21.9 Å². The highest BCUT2D eigenvalue weighted by Gasteiger charge is 2.53. The van der Waals surface area contributed by atoms with E-state index >= 15 is 0 Å². The van der Waals surface area contributed by atoms with Crippen LogP contribution in [-0.2, 0) is 9.59 Å². The van der Waals surface area contributed by atoms with Gasteiger partial charge in [-0.25, -0.2) is 0 Å². The van der Waals surface area contributed by atoms with E-state index in [2.05, 4.69) is 24.4 Å². The summed E-state index contributed by atoms with van der Waals surface area (Å²) in [6.45, 7) is 6.11. The standard InChI is InChI=1S/C15H20N2O2S/c1-9-4-7-12(20-9)10(2)17-8-13(18)16-15(3,14(17)19)11-5-6-11/h4,7,10-11H,5-6,8H2,1-3H3,(H,16,18). The third-order valence-corrected chi connectivity index (χ3v) is 5.62. The van der Waals surface area contributed by atoms with Gasteiger partial charge in [0.1, 0.15) is 12.1 Å². The minimum absolute atomic E-state index is 0.0367. The molecule has 1 saturated carbocycles. The minimum Gasteiger partial charge on any atom is -0.340 e. The van der Waals surface area contributed by atoms with Crippen molar-refractivity contribution in [3.8, 4) is 0 Å². The van der Waals surface area contributed by atoms with Crippen LogP contribution in [0.15, 0.2) is 12.1 Å². The molecule has 5 heteroatoms. The molecule has 2 unspecified atom stereocenters. The molecule has 0 aromatic carbocycles. The van der Waals surface area contributed by atoms with E-state index in [9.17, 15) is 9.59 Å². The van der Waals surface area contributed by atoms with Crippen molar-refractivity contribution in [2.45, 2.75) is 45.2 Å². The van der Waals surface area contributed by atoms with E-state index in [1.165, 1.54) is 4.88 Å². The summed E-state index contributed by atoms with van der Waals surface area (Å²) in [5.74, 6) is 0.330. The molecule has 2 aliphatic rings. The molecule has 1 N–H and O–H groups in total. The van der Waals surface area contributed by atoms with E-state index in [1.807, 2.05) is 13.8 Å². The molecule has 1 aliphatic carbocycles. The number of hydrogen-bond donors (Lipinski definition) is 1. The average Bonchev–Trinajstić information content (AvgIpc) is 3.16. The maximum atomic E-state index is 12.8. The van der Waals surface area contributed by atoms with Gasteiger partial charge in [0.05, 0.1) is 6.04 Å². The maximum absolute atomic E-state index is 12.8. The Bertz CT molecular complexity index is 564. The highest BCUT2D eigenvalue weighted by atomic mass is 32.1. The third-order valence-electron chi connectivity index (χ3n) is 4.45. The van der Waals surface area contributed by atoms with Crippen LogP contribution in [0, 0.1) is 12.8 Å². The van der Waals surface area contributed by atoms with E-state index in [-0.39, 0.29) is 24.4 Å². The molecule has 4 nitrogen and oxygen atoms in total. The Hall–Kier alpha value is -1.36. The second kappa shape index (κ2) is 4.58. The first kappa shape index (κ1) is 13.6. The molecule has 1 aromatic rings. The molecule has 1 aliphatic heterocycles. The number of carbonyl (C=O) groups is 2. The van der Waals surface area contributed by atoms with Crippen LogP contribution in [0.5, 0.6) is 0 Å². The summed E-state index contributed by atoms with van der Waals surface area (Å²) in [6.07, 6.45) is 2.06. The highest BCUT2D eigenvalue weighted by molar-refractivity contribution is 7.12. The van der Waals surface area contributed by atoms with Crippen molar-refractivity contribution in [3.63, 3.8) is 0 Å². The summed E-state index contributed by atoms with van der Waals surface area (Å²) in [5.41, 5.74) is -0.699. The number of nitrogens with zero attached hydrogens (tertiary/aromatic N) is 1. The van der Waals surface area contributed by atoms with Crippen LogP contribution in [0.2, 0.25) is 0 Å². The fourth-order valence-corrected chi connectivity index (χ4v) is 3.93. The average molecular weight is 292 g/mol. The molecule has 0 bridgehead atoms. The summed E-state index contributed by atoms with van der Waals surface area (Å²) >= 11 is 1.69. The Morgan fingerprint density at radius 2 is 2.10 bits per heavy atom. The maximum Gasteiger partial charge on any atom is 0.249 e. The second-order valence-electron chi connectivity index (χ2n) is 6.08. The quantitative estimate of drug-likeness (QED) is 0.929. The largest absolute Gasteiger partial charge is 0.340 e. The summed E-state index contributed by atoms with van der Waals surface area (Å²) < 4.78 is 0. The van der Waals surface area contributed by atoms with E-state index in [4.69, 9.17) is 0 Å². The van der Waals surface area contributed by atoms with Crippen molar-refractivity contribution in [1.82, 2.24) is 10.2 Å². The smallest absolute Gasteiger partial charge is 0.249 e. The topological polar surface area (TPSA) is 49.4 Å². The lowest BCUT2D eigenvalue weighted by Gasteiger charge is -2.42. The molecule has 0 radical (unpaired) electrons. The van der Waals surface area contributed by atoms with Gasteiger partial charge in [0.2, 0.25) is 11.8 Å². The molecule has 2 atom stereocenters. The van der Waals surface area contributed by atoms with Crippen LogP contribution >= 0.6 is 11.3 Å². The summed E-state index contributed by atoms with van der Waals surface area (Å²) in [6, 6.07) is 4.08. The van der Waals surface area contributed by atoms with Gasteiger partial charge in [0.25, 0.3) is 0 Å². The zero-order valence-electron chi connectivity index (χ0n) is 12.1. The molecule has 1 aromatic heterocycles. The molecular formula is C15H20N2O2S. The molecule has 2 fully saturated rings. The number of aryl methyl sites for hydroxylation is 1. The monoisotopic (exact) mass is 292 g/mol. The Morgan fingerprint density at radius 1 is 1.40 bits per heavy atom. The van der Waals surface area contributed by atoms with Gasteiger partial charge in [-0.15, -0.1) is 11.3 Å². The van der Waals surface area contributed by atoms with Gasteiger partial charge in [0.15, 0.2) is 0 Å². The fourth-order valence-electron chi connectivity index (χ4n) is 2.99. The molecule has 20 heavy (non-hydrogen) atoms. The van der Waals surface area contributed by atoms with E-state index < -0.39 is 5.54 Å². The summed E-state index contributed by atoms with van der Waals surface area (Å²) in [4.78, 5) is 28.9. The van der Waals surface area contributed by atoms with Crippen LogP contribution in [-0.4, -0.2) is 28.8 Å². The lowest BCUT2D eigenvalue weighted by molar-refractivity contribution is -0.152. The predicted octanol–water partition coefficient (Wildman–Crippen LogP) is 2.24. The van der Waals surface area contributed by atoms with Crippen LogP contribution in [0.3, 0.4) is 0 Å². The molecule has 1 saturated heterocycles. The summed E-state index contributed by atoms with van der Waals surface area (Å²) in [7, 11) is 0. The molecule has 3 rings (SSSR count). The third kappa shape index (κ3) is 2.14. The first-order chi connectivity index (χ1) is 9.41. The van der Waals surface area contributed by atoms with Gasteiger partial charge >= 0.3 is 0 Å². The summed E-state index contributed by atoms with van der Waals surface area (Å²) in [5, 5.41) is 2.92.